The van der Waals surface area contributed by atoms with Gasteiger partial charge in [-0.15, -0.1) is 0 Å². The van der Waals surface area contributed by atoms with Gasteiger partial charge in [0, 0.05) is 37.9 Å². The maximum Gasteiger partial charge on any atom is 0.330 e. The van der Waals surface area contributed by atoms with E-state index in [9.17, 15) is 4.79 Å². The lowest BCUT2D eigenvalue weighted by atomic mass is 9.99. The van der Waals surface area contributed by atoms with Gasteiger partial charge >= 0.3 is 5.69 Å². The first-order valence-electron chi connectivity index (χ1n) is 12.1. The van der Waals surface area contributed by atoms with E-state index in [0.717, 1.165) is 50.1 Å². The maximum absolute atomic E-state index is 13.4. The second-order valence-corrected chi connectivity index (χ2v) is 9.90. The zero-order chi connectivity index (χ0) is 21.2. The highest BCUT2D eigenvalue weighted by atomic mass is 16.1. The molecule has 32 heavy (non-hydrogen) atoms. The van der Waals surface area contributed by atoms with Crippen LogP contribution in [0.25, 0.3) is 21.9 Å². The summed E-state index contributed by atoms with van der Waals surface area (Å²) in [6.45, 7) is 2.88. The molecule has 2 aliphatic carbocycles. The summed E-state index contributed by atoms with van der Waals surface area (Å²) in [5.41, 5.74) is 4.98. The molecule has 1 saturated heterocycles. The molecule has 0 unspecified atom stereocenters. The number of piperidine rings is 1. The summed E-state index contributed by atoms with van der Waals surface area (Å²) >= 11 is 0. The van der Waals surface area contributed by atoms with Gasteiger partial charge in [-0.25, -0.2) is 9.78 Å². The fraction of sp³-hybridized carbons (Fsp3) is 0.407. The summed E-state index contributed by atoms with van der Waals surface area (Å²) in [6, 6.07) is 18.2. The number of hydrogen-bond donors (Lipinski definition) is 0. The Bertz CT molecular complexity index is 1380. The summed E-state index contributed by atoms with van der Waals surface area (Å²) in [5.74, 6) is 0.655. The number of fused-ring (bicyclic) bond motifs is 1. The van der Waals surface area contributed by atoms with Crippen LogP contribution in [0.15, 0.2) is 59.5 Å². The smallest absolute Gasteiger partial charge is 0.296 e. The monoisotopic (exact) mass is 424 g/mol. The fourth-order valence-corrected chi connectivity index (χ4v) is 6.18. The van der Waals surface area contributed by atoms with E-state index in [-0.39, 0.29) is 11.7 Å². The Balaban J connectivity index is 1.17. The van der Waals surface area contributed by atoms with Crippen molar-refractivity contribution >= 4 is 21.9 Å². The van der Waals surface area contributed by atoms with E-state index in [1.807, 2.05) is 16.8 Å². The number of benzene rings is 2. The molecule has 162 valence electrons. The van der Waals surface area contributed by atoms with Crippen molar-refractivity contribution in [1.82, 2.24) is 19.0 Å². The maximum atomic E-state index is 13.4. The molecule has 5 nitrogen and oxygen atoms in total. The van der Waals surface area contributed by atoms with Crippen molar-refractivity contribution in [1.29, 1.82) is 0 Å². The molecule has 2 aromatic carbocycles. The molecule has 0 bridgehead atoms. The van der Waals surface area contributed by atoms with Gasteiger partial charge in [-0.2, -0.15) is 0 Å². The van der Waals surface area contributed by atoms with Gasteiger partial charge in [0.1, 0.15) is 0 Å². The van der Waals surface area contributed by atoms with Crippen LogP contribution in [0.4, 0.5) is 0 Å². The topological polar surface area (TPSA) is 43.1 Å². The molecule has 4 aromatic rings. The van der Waals surface area contributed by atoms with E-state index in [2.05, 4.69) is 56.9 Å². The number of imidazole rings is 1. The van der Waals surface area contributed by atoms with Gasteiger partial charge < -0.3 is 0 Å². The minimum absolute atomic E-state index is 0.141. The van der Waals surface area contributed by atoms with Crippen LogP contribution in [0.1, 0.15) is 48.9 Å². The van der Waals surface area contributed by atoms with Gasteiger partial charge in [0.2, 0.25) is 0 Å². The van der Waals surface area contributed by atoms with Crippen molar-refractivity contribution in [3.8, 4) is 0 Å². The van der Waals surface area contributed by atoms with Gasteiger partial charge in [0.05, 0.1) is 5.52 Å². The Morgan fingerprint density at radius 1 is 0.938 bits per heavy atom. The first-order valence-corrected chi connectivity index (χ1v) is 12.1. The molecular weight excluding hydrogens is 396 g/mol. The minimum Gasteiger partial charge on any atom is -0.296 e. The SMILES string of the molecule is O=c1n(CC2CC2)c2ncccc2n1C1CCN([C@@H]2Cc3cccc4cccc2c34)CC1. The summed E-state index contributed by atoms with van der Waals surface area (Å²) in [7, 11) is 0. The van der Waals surface area contributed by atoms with Crippen LogP contribution < -0.4 is 5.69 Å². The van der Waals surface area contributed by atoms with Crippen LogP contribution in [0.5, 0.6) is 0 Å². The molecule has 1 saturated carbocycles. The van der Waals surface area contributed by atoms with Crippen LogP contribution >= 0.6 is 0 Å². The lowest BCUT2D eigenvalue weighted by Crippen LogP contribution is -2.39. The van der Waals surface area contributed by atoms with Crippen molar-refractivity contribution < 1.29 is 0 Å². The third kappa shape index (κ3) is 2.80. The highest BCUT2D eigenvalue weighted by Gasteiger charge is 2.33. The molecule has 3 aliphatic rings. The summed E-state index contributed by atoms with van der Waals surface area (Å²) in [6.07, 6.45) is 7.42. The third-order valence-electron chi connectivity index (χ3n) is 7.96. The highest BCUT2D eigenvalue weighted by molar-refractivity contribution is 5.91. The summed E-state index contributed by atoms with van der Waals surface area (Å²) < 4.78 is 4.00. The zero-order valence-corrected chi connectivity index (χ0v) is 18.3. The molecule has 0 N–H and O–H groups in total. The number of nitrogens with zero attached hydrogens (tertiary/aromatic N) is 4. The van der Waals surface area contributed by atoms with E-state index in [4.69, 9.17) is 0 Å². The van der Waals surface area contributed by atoms with Crippen LogP contribution in [-0.2, 0) is 13.0 Å². The second-order valence-electron chi connectivity index (χ2n) is 9.90. The van der Waals surface area contributed by atoms with Gasteiger partial charge in [-0.1, -0.05) is 36.4 Å². The Kier molecular flexibility index (Phi) is 4.10. The van der Waals surface area contributed by atoms with Crippen LogP contribution in [0.3, 0.4) is 0 Å². The summed E-state index contributed by atoms with van der Waals surface area (Å²) in [4.78, 5) is 20.7. The molecule has 0 radical (unpaired) electrons. The zero-order valence-electron chi connectivity index (χ0n) is 18.3. The number of aromatic nitrogens is 3. The predicted molar refractivity (Wildman–Crippen MR) is 127 cm³/mol. The molecule has 0 amide bonds. The first kappa shape index (κ1) is 18.6. The second kappa shape index (κ2) is 7.04. The van der Waals surface area contributed by atoms with Gasteiger partial charge in [0.25, 0.3) is 0 Å². The molecule has 3 heterocycles. The Hall–Kier alpha value is -2.92. The molecule has 0 spiro atoms. The van der Waals surface area contributed by atoms with E-state index >= 15 is 0 Å². The molecular formula is C27H28N4O. The average molecular weight is 425 g/mol. The van der Waals surface area contributed by atoms with E-state index in [0.29, 0.717) is 12.0 Å². The standard InChI is InChI=1S/C27H28N4O/c32-27-30(17-18-9-10-18)26-23(8-3-13-28-26)31(27)21-11-14-29(15-12-21)24-16-20-6-1-4-19-5-2-7-22(24)25(19)20/h1-8,13,18,21,24H,9-12,14-17H2/t24-/m1/s1. The molecule has 1 aliphatic heterocycles. The van der Waals surface area contributed by atoms with Crippen LogP contribution in [0.2, 0.25) is 0 Å². The number of hydrogen-bond acceptors (Lipinski definition) is 3. The van der Waals surface area contributed by atoms with Crippen LogP contribution in [-0.4, -0.2) is 32.1 Å². The third-order valence-corrected chi connectivity index (χ3v) is 7.96. The quantitative estimate of drug-likeness (QED) is 0.477. The normalized spacial score (nSPS) is 21.7. The number of rotatable bonds is 4. The molecule has 1 atom stereocenters. The van der Waals surface area contributed by atoms with Crippen molar-refractivity contribution in [2.45, 2.75) is 50.7 Å². The van der Waals surface area contributed by atoms with Crippen molar-refractivity contribution in [2.24, 2.45) is 5.92 Å². The van der Waals surface area contributed by atoms with Gasteiger partial charge in [-0.3, -0.25) is 14.0 Å². The molecule has 2 fully saturated rings. The predicted octanol–water partition coefficient (Wildman–Crippen LogP) is 4.70. The molecule has 5 heteroatoms. The largest absolute Gasteiger partial charge is 0.330 e. The van der Waals surface area contributed by atoms with Crippen molar-refractivity contribution in [3.05, 3.63) is 76.3 Å². The minimum atomic E-state index is 0.141. The van der Waals surface area contributed by atoms with E-state index < -0.39 is 0 Å². The number of likely N-dealkylation sites (tertiary alicyclic amines) is 1. The molecule has 2 aromatic heterocycles. The number of pyridine rings is 1. The van der Waals surface area contributed by atoms with Gasteiger partial charge in [0.15, 0.2) is 5.65 Å². The fourth-order valence-electron chi connectivity index (χ4n) is 6.18. The lowest BCUT2D eigenvalue weighted by molar-refractivity contribution is 0.137. The summed E-state index contributed by atoms with van der Waals surface area (Å²) in [5, 5.41) is 2.83. The lowest BCUT2D eigenvalue weighted by Gasteiger charge is -2.36. The van der Waals surface area contributed by atoms with E-state index in [1.165, 1.54) is 34.7 Å². The van der Waals surface area contributed by atoms with Crippen molar-refractivity contribution in [3.63, 3.8) is 0 Å². The average Bonchev–Trinajstić information content (AvgIpc) is 3.52. The molecule has 7 rings (SSSR count). The van der Waals surface area contributed by atoms with Crippen LogP contribution in [0, 0.1) is 5.92 Å². The Morgan fingerprint density at radius 2 is 1.75 bits per heavy atom. The van der Waals surface area contributed by atoms with E-state index in [1.54, 1.807) is 0 Å². The highest BCUT2D eigenvalue weighted by Crippen LogP contribution is 2.42. The first-order chi connectivity index (χ1) is 15.8. The van der Waals surface area contributed by atoms with Crippen molar-refractivity contribution in [2.75, 3.05) is 13.1 Å². The Labute approximate surface area is 187 Å². The Morgan fingerprint density at radius 3 is 2.56 bits per heavy atom. The van der Waals surface area contributed by atoms with Gasteiger partial charge in [-0.05, 0) is 72.1 Å².